The zero-order valence-corrected chi connectivity index (χ0v) is 10.7. The molecule has 1 N–H and O–H groups in total. The molecular formula is C13H15ClN2O2. The summed E-state index contributed by atoms with van der Waals surface area (Å²) < 4.78 is 0. The largest absolute Gasteiger partial charge is 0.371 e. The lowest BCUT2D eigenvalue weighted by molar-refractivity contribution is -0.119. The van der Waals surface area contributed by atoms with Gasteiger partial charge in [0.25, 0.3) is 0 Å². The second-order valence-corrected chi connectivity index (χ2v) is 4.52. The van der Waals surface area contributed by atoms with Crippen molar-refractivity contribution in [2.24, 2.45) is 0 Å². The lowest BCUT2D eigenvalue weighted by atomic mass is 10.1. The van der Waals surface area contributed by atoms with Gasteiger partial charge in [-0.15, -0.1) is 11.6 Å². The highest BCUT2D eigenvalue weighted by atomic mass is 35.5. The lowest BCUT2D eigenvalue weighted by Crippen LogP contribution is -2.33. The third-order valence-corrected chi connectivity index (χ3v) is 3.20. The van der Waals surface area contributed by atoms with E-state index in [2.05, 4.69) is 10.2 Å². The topological polar surface area (TPSA) is 49.4 Å². The second-order valence-electron chi connectivity index (χ2n) is 4.25. The average molecular weight is 267 g/mol. The van der Waals surface area contributed by atoms with Crippen molar-refractivity contribution >= 4 is 34.7 Å². The summed E-state index contributed by atoms with van der Waals surface area (Å²) >= 11 is 5.42. The molecule has 5 heteroatoms. The summed E-state index contributed by atoms with van der Waals surface area (Å²) in [7, 11) is 0. The number of rotatable bonds is 3. The van der Waals surface area contributed by atoms with Crippen molar-refractivity contribution in [2.45, 2.75) is 12.8 Å². The van der Waals surface area contributed by atoms with Gasteiger partial charge in [-0.1, -0.05) is 0 Å². The fourth-order valence-corrected chi connectivity index (χ4v) is 2.03. The Hall–Kier alpha value is -1.55. The molecule has 0 atom stereocenters. The van der Waals surface area contributed by atoms with Gasteiger partial charge in [-0.2, -0.15) is 0 Å². The van der Waals surface area contributed by atoms with E-state index < -0.39 is 0 Å². The van der Waals surface area contributed by atoms with Crippen LogP contribution in [-0.4, -0.2) is 30.7 Å². The van der Waals surface area contributed by atoms with Gasteiger partial charge in [0.15, 0.2) is 0 Å². The molecule has 2 rings (SSSR count). The first kappa shape index (κ1) is 12.9. The summed E-state index contributed by atoms with van der Waals surface area (Å²) in [5, 5.41) is 2.69. The van der Waals surface area contributed by atoms with Gasteiger partial charge in [0, 0.05) is 37.3 Å². The summed E-state index contributed by atoms with van der Waals surface area (Å²) in [6.45, 7) is 1.54. The number of nitrogens with zero attached hydrogens (tertiary/aromatic N) is 1. The number of benzene rings is 1. The Morgan fingerprint density at radius 3 is 2.39 bits per heavy atom. The third kappa shape index (κ3) is 3.23. The fourth-order valence-electron chi connectivity index (χ4n) is 1.96. The van der Waals surface area contributed by atoms with Crippen LogP contribution >= 0.6 is 11.6 Å². The van der Waals surface area contributed by atoms with Crippen molar-refractivity contribution < 1.29 is 9.59 Å². The van der Waals surface area contributed by atoms with E-state index in [9.17, 15) is 9.59 Å². The van der Waals surface area contributed by atoms with Crippen LogP contribution in [-0.2, 0) is 9.59 Å². The van der Waals surface area contributed by atoms with Crippen molar-refractivity contribution in [3.63, 3.8) is 0 Å². The highest BCUT2D eigenvalue weighted by molar-refractivity contribution is 6.29. The van der Waals surface area contributed by atoms with Crippen LogP contribution in [0.2, 0.25) is 0 Å². The number of nitrogens with one attached hydrogen (secondary N) is 1. The highest BCUT2D eigenvalue weighted by Crippen LogP contribution is 2.20. The molecule has 1 saturated heterocycles. The van der Waals surface area contributed by atoms with Crippen LogP contribution in [0.5, 0.6) is 0 Å². The predicted molar refractivity (Wildman–Crippen MR) is 72.2 cm³/mol. The number of ketones is 1. The summed E-state index contributed by atoms with van der Waals surface area (Å²) in [5.41, 5.74) is 1.81. The first-order chi connectivity index (χ1) is 8.69. The fraction of sp³-hybridized carbons (Fsp3) is 0.385. The lowest BCUT2D eigenvalue weighted by Gasteiger charge is -2.28. The number of hydrogen-bond donors (Lipinski definition) is 1. The van der Waals surface area contributed by atoms with Crippen molar-refractivity contribution in [1.29, 1.82) is 0 Å². The Kier molecular flexibility index (Phi) is 4.20. The number of halogens is 1. The van der Waals surface area contributed by atoms with Crippen LogP contribution in [0.1, 0.15) is 12.8 Å². The molecule has 1 amide bonds. The van der Waals surface area contributed by atoms with Crippen molar-refractivity contribution in [2.75, 3.05) is 29.2 Å². The van der Waals surface area contributed by atoms with Crippen LogP contribution < -0.4 is 10.2 Å². The standard InChI is InChI=1S/C13H15ClN2O2/c14-9-13(18)15-10-1-3-11(4-2-10)16-7-5-12(17)6-8-16/h1-4H,5-9H2,(H,15,18). The summed E-state index contributed by atoms with van der Waals surface area (Å²) in [5.74, 6) is 0.0703. The molecule has 0 aromatic heterocycles. The number of carbonyl (C=O) groups excluding carboxylic acids is 2. The quantitative estimate of drug-likeness (QED) is 0.852. The maximum atomic E-state index is 11.2. The maximum Gasteiger partial charge on any atom is 0.239 e. The van der Waals surface area contributed by atoms with Crippen LogP contribution in [0.3, 0.4) is 0 Å². The SMILES string of the molecule is O=C1CCN(c2ccc(NC(=O)CCl)cc2)CC1. The van der Waals surface area contributed by atoms with Gasteiger partial charge >= 0.3 is 0 Å². The van der Waals surface area contributed by atoms with E-state index in [1.165, 1.54) is 0 Å². The molecule has 0 saturated carbocycles. The van der Waals surface area contributed by atoms with Gasteiger partial charge in [0.05, 0.1) is 0 Å². The summed E-state index contributed by atoms with van der Waals surface area (Å²) in [6.07, 6.45) is 1.23. The van der Waals surface area contributed by atoms with Gasteiger partial charge in [0.2, 0.25) is 5.91 Å². The van der Waals surface area contributed by atoms with Crippen LogP contribution in [0.25, 0.3) is 0 Å². The molecule has 1 heterocycles. The monoisotopic (exact) mass is 266 g/mol. The van der Waals surface area contributed by atoms with Crippen LogP contribution in [0.4, 0.5) is 11.4 Å². The molecule has 1 aliphatic rings. The van der Waals surface area contributed by atoms with Gasteiger partial charge < -0.3 is 10.2 Å². The maximum absolute atomic E-state index is 11.2. The van der Waals surface area contributed by atoms with E-state index in [-0.39, 0.29) is 11.8 Å². The molecule has 96 valence electrons. The number of amides is 1. The number of alkyl halides is 1. The molecule has 1 fully saturated rings. The minimum Gasteiger partial charge on any atom is -0.371 e. The second kappa shape index (κ2) is 5.87. The van der Waals surface area contributed by atoms with Gasteiger partial charge in [-0.25, -0.2) is 0 Å². The van der Waals surface area contributed by atoms with Crippen molar-refractivity contribution in [1.82, 2.24) is 0 Å². The minimum atomic E-state index is -0.215. The van der Waals surface area contributed by atoms with Crippen molar-refractivity contribution in [3.8, 4) is 0 Å². The Morgan fingerprint density at radius 1 is 1.22 bits per heavy atom. The Balaban J connectivity index is 1.99. The highest BCUT2D eigenvalue weighted by Gasteiger charge is 2.16. The van der Waals surface area contributed by atoms with E-state index in [1.54, 1.807) is 0 Å². The zero-order valence-electron chi connectivity index (χ0n) is 9.99. The van der Waals surface area contributed by atoms with Crippen molar-refractivity contribution in [3.05, 3.63) is 24.3 Å². The van der Waals surface area contributed by atoms with Crippen LogP contribution in [0, 0.1) is 0 Å². The zero-order chi connectivity index (χ0) is 13.0. The Morgan fingerprint density at radius 2 is 1.83 bits per heavy atom. The summed E-state index contributed by atoms with van der Waals surface area (Å²) in [6, 6.07) is 7.58. The molecule has 0 bridgehead atoms. The number of Topliss-reactive ketones (excluding diaryl/α,β-unsaturated/α-hetero) is 1. The molecule has 18 heavy (non-hydrogen) atoms. The molecule has 0 radical (unpaired) electrons. The minimum absolute atomic E-state index is 0.0456. The molecule has 4 nitrogen and oxygen atoms in total. The molecular weight excluding hydrogens is 252 g/mol. The summed E-state index contributed by atoms with van der Waals surface area (Å²) in [4.78, 5) is 24.4. The van der Waals surface area contributed by atoms with Gasteiger partial charge in [-0.3, -0.25) is 9.59 Å². The van der Waals surface area contributed by atoms with Gasteiger partial charge in [0.1, 0.15) is 11.7 Å². The normalized spacial score (nSPS) is 15.6. The molecule has 1 aliphatic heterocycles. The molecule has 0 unspecified atom stereocenters. The first-order valence-electron chi connectivity index (χ1n) is 5.91. The van der Waals surface area contributed by atoms with E-state index in [0.29, 0.717) is 18.6 Å². The number of piperidine rings is 1. The smallest absolute Gasteiger partial charge is 0.239 e. The molecule has 1 aromatic carbocycles. The van der Waals surface area contributed by atoms with Gasteiger partial charge in [-0.05, 0) is 24.3 Å². The predicted octanol–water partition coefficient (Wildman–Crippen LogP) is 2.03. The third-order valence-electron chi connectivity index (χ3n) is 2.96. The average Bonchev–Trinajstić information content (AvgIpc) is 2.40. The molecule has 0 spiro atoms. The number of hydrogen-bond acceptors (Lipinski definition) is 3. The molecule has 0 aliphatic carbocycles. The Labute approximate surface area is 111 Å². The first-order valence-corrected chi connectivity index (χ1v) is 6.45. The van der Waals surface area contributed by atoms with E-state index in [0.717, 1.165) is 24.5 Å². The van der Waals surface area contributed by atoms with E-state index >= 15 is 0 Å². The number of anilines is 2. The molecule has 1 aromatic rings. The Bertz CT molecular complexity index is 435. The van der Waals surface area contributed by atoms with E-state index in [1.807, 2.05) is 24.3 Å². The number of carbonyl (C=O) groups is 2. The van der Waals surface area contributed by atoms with Crippen LogP contribution in [0.15, 0.2) is 24.3 Å². The van der Waals surface area contributed by atoms with E-state index in [4.69, 9.17) is 11.6 Å².